The molecule has 0 spiro atoms. The standard InChI is InChI=1S/C12H24N4O5S/c1-9(2)15-22(20,21)14-6-5-13-11(19)16-7-4-12(3,8-16)10(17)18/h9,14-15H,4-8H2,1-3H3,(H,13,19)(H,17,18). The smallest absolute Gasteiger partial charge is 0.317 e. The quantitative estimate of drug-likeness (QED) is 0.458. The summed E-state index contributed by atoms with van der Waals surface area (Å²) in [6.07, 6.45) is 0.403. The molecule has 128 valence electrons. The first-order valence-corrected chi connectivity index (χ1v) is 8.57. The highest BCUT2D eigenvalue weighted by molar-refractivity contribution is 7.87. The van der Waals surface area contributed by atoms with E-state index in [0.29, 0.717) is 13.0 Å². The fraction of sp³-hybridized carbons (Fsp3) is 0.833. The first kappa shape index (κ1) is 18.7. The summed E-state index contributed by atoms with van der Waals surface area (Å²) in [7, 11) is -3.57. The number of aliphatic carboxylic acids is 1. The van der Waals surface area contributed by atoms with Gasteiger partial charge in [-0.3, -0.25) is 4.79 Å². The maximum absolute atomic E-state index is 11.9. The number of amides is 2. The summed E-state index contributed by atoms with van der Waals surface area (Å²) in [5.41, 5.74) is -0.917. The van der Waals surface area contributed by atoms with Crippen molar-refractivity contribution >= 4 is 22.2 Å². The van der Waals surface area contributed by atoms with Gasteiger partial charge in [-0.2, -0.15) is 13.1 Å². The Morgan fingerprint density at radius 2 is 1.95 bits per heavy atom. The molecule has 9 nitrogen and oxygen atoms in total. The maximum atomic E-state index is 11.9. The SMILES string of the molecule is CC(C)NS(=O)(=O)NCCNC(=O)N1CCC(C)(C(=O)O)C1. The third kappa shape index (κ3) is 5.43. The lowest BCUT2D eigenvalue weighted by atomic mass is 9.90. The Labute approximate surface area is 130 Å². The van der Waals surface area contributed by atoms with Crippen LogP contribution in [0.1, 0.15) is 27.2 Å². The second-order valence-corrected chi connectivity index (χ2v) is 7.47. The summed E-state index contributed by atoms with van der Waals surface area (Å²) in [4.78, 5) is 24.4. The van der Waals surface area contributed by atoms with Gasteiger partial charge in [0.05, 0.1) is 5.41 Å². The molecule has 0 aromatic rings. The van der Waals surface area contributed by atoms with E-state index in [-0.39, 0.29) is 31.7 Å². The van der Waals surface area contributed by atoms with Crippen molar-refractivity contribution in [2.75, 3.05) is 26.2 Å². The second-order valence-electron chi connectivity index (χ2n) is 5.94. The number of likely N-dealkylation sites (tertiary alicyclic amines) is 1. The van der Waals surface area contributed by atoms with E-state index in [9.17, 15) is 18.0 Å². The van der Waals surface area contributed by atoms with Gasteiger partial charge in [-0.25, -0.2) is 9.52 Å². The maximum Gasteiger partial charge on any atom is 0.317 e. The molecule has 1 fully saturated rings. The minimum absolute atomic E-state index is 0.0534. The molecule has 1 rings (SSSR count). The van der Waals surface area contributed by atoms with Crippen LogP contribution in [0, 0.1) is 5.41 Å². The number of nitrogens with zero attached hydrogens (tertiary/aromatic N) is 1. The highest BCUT2D eigenvalue weighted by atomic mass is 32.2. The number of carbonyl (C=O) groups excluding carboxylic acids is 1. The highest BCUT2D eigenvalue weighted by Gasteiger charge is 2.42. The lowest BCUT2D eigenvalue weighted by molar-refractivity contribution is -0.147. The van der Waals surface area contributed by atoms with Crippen LogP contribution in [0.3, 0.4) is 0 Å². The minimum Gasteiger partial charge on any atom is -0.481 e. The Morgan fingerprint density at radius 1 is 1.32 bits per heavy atom. The number of hydrogen-bond donors (Lipinski definition) is 4. The van der Waals surface area contributed by atoms with Crippen molar-refractivity contribution in [2.45, 2.75) is 33.2 Å². The molecule has 1 aliphatic rings. The third-order valence-corrected chi connectivity index (χ3v) is 4.73. The van der Waals surface area contributed by atoms with Gasteiger partial charge in [0.25, 0.3) is 10.2 Å². The summed E-state index contributed by atoms with van der Waals surface area (Å²) >= 11 is 0. The number of urea groups is 1. The number of carboxylic acids is 1. The van der Waals surface area contributed by atoms with Gasteiger partial charge in [0.15, 0.2) is 0 Å². The fourth-order valence-electron chi connectivity index (χ4n) is 2.13. The molecule has 1 unspecified atom stereocenters. The van der Waals surface area contributed by atoms with E-state index in [4.69, 9.17) is 5.11 Å². The first-order chi connectivity index (χ1) is 10.1. The van der Waals surface area contributed by atoms with Gasteiger partial charge in [-0.15, -0.1) is 0 Å². The molecular weight excluding hydrogens is 312 g/mol. The normalized spacial score (nSPS) is 22.1. The number of rotatable bonds is 7. The fourth-order valence-corrected chi connectivity index (χ4v) is 3.20. The van der Waals surface area contributed by atoms with E-state index >= 15 is 0 Å². The lowest BCUT2D eigenvalue weighted by Gasteiger charge is -2.20. The first-order valence-electron chi connectivity index (χ1n) is 7.09. The molecule has 1 heterocycles. The van der Waals surface area contributed by atoms with Crippen molar-refractivity contribution < 1.29 is 23.1 Å². The van der Waals surface area contributed by atoms with Crippen molar-refractivity contribution in [1.82, 2.24) is 19.7 Å². The largest absolute Gasteiger partial charge is 0.481 e. The predicted octanol–water partition coefficient (Wildman–Crippen LogP) is -0.675. The van der Waals surface area contributed by atoms with Gasteiger partial charge < -0.3 is 15.3 Å². The van der Waals surface area contributed by atoms with Gasteiger partial charge in [0, 0.05) is 32.2 Å². The summed E-state index contributed by atoms with van der Waals surface area (Å²) < 4.78 is 27.6. The molecule has 1 atom stereocenters. The second kappa shape index (κ2) is 7.25. The van der Waals surface area contributed by atoms with Crippen molar-refractivity contribution in [1.29, 1.82) is 0 Å². The van der Waals surface area contributed by atoms with E-state index in [0.717, 1.165) is 0 Å². The summed E-state index contributed by atoms with van der Waals surface area (Å²) in [5.74, 6) is -0.921. The highest BCUT2D eigenvalue weighted by Crippen LogP contribution is 2.29. The zero-order valence-electron chi connectivity index (χ0n) is 13.0. The molecule has 0 aromatic carbocycles. The summed E-state index contributed by atoms with van der Waals surface area (Å²) in [6.45, 7) is 5.70. The van der Waals surface area contributed by atoms with Crippen LogP contribution in [0.15, 0.2) is 0 Å². The topological polar surface area (TPSA) is 128 Å². The monoisotopic (exact) mass is 336 g/mol. The molecule has 0 aliphatic carbocycles. The van der Waals surface area contributed by atoms with Crippen molar-refractivity contribution in [2.24, 2.45) is 5.41 Å². The van der Waals surface area contributed by atoms with Gasteiger partial charge in [-0.1, -0.05) is 0 Å². The zero-order chi connectivity index (χ0) is 17.0. The van der Waals surface area contributed by atoms with Gasteiger partial charge in [0.2, 0.25) is 0 Å². The average molecular weight is 336 g/mol. The van der Waals surface area contributed by atoms with Gasteiger partial charge >= 0.3 is 12.0 Å². The van der Waals surface area contributed by atoms with Crippen molar-refractivity contribution in [3.05, 3.63) is 0 Å². The number of nitrogens with one attached hydrogen (secondary N) is 3. The van der Waals surface area contributed by atoms with Crippen LogP contribution in [0.4, 0.5) is 4.79 Å². The molecule has 22 heavy (non-hydrogen) atoms. The Morgan fingerprint density at radius 3 is 2.45 bits per heavy atom. The molecule has 2 amide bonds. The van der Waals surface area contributed by atoms with Crippen molar-refractivity contribution in [3.63, 3.8) is 0 Å². The summed E-state index contributed by atoms with van der Waals surface area (Å²) in [5, 5.41) is 11.7. The Hall–Kier alpha value is -1.39. The van der Waals surface area contributed by atoms with Crippen LogP contribution in [0.2, 0.25) is 0 Å². The molecule has 4 N–H and O–H groups in total. The number of carboxylic acid groups (broad SMARTS) is 1. The van der Waals surface area contributed by atoms with Crippen molar-refractivity contribution in [3.8, 4) is 0 Å². The molecule has 1 aliphatic heterocycles. The van der Waals surface area contributed by atoms with Crippen LogP contribution in [0.5, 0.6) is 0 Å². The molecule has 0 saturated carbocycles. The molecule has 1 saturated heterocycles. The van der Waals surface area contributed by atoms with E-state index in [1.807, 2.05) is 0 Å². The molecule has 0 bridgehead atoms. The van der Waals surface area contributed by atoms with Crippen LogP contribution < -0.4 is 14.8 Å². The van der Waals surface area contributed by atoms with Crippen LogP contribution in [0.25, 0.3) is 0 Å². The third-order valence-electron chi connectivity index (χ3n) is 3.36. The molecule has 10 heteroatoms. The Bertz CT molecular complexity index is 522. The minimum atomic E-state index is -3.57. The van der Waals surface area contributed by atoms with E-state index in [2.05, 4.69) is 14.8 Å². The van der Waals surface area contributed by atoms with Gasteiger partial charge in [0.1, 0.15) is 0 Å². The molecule has 0 aromatic heterocycles. The lowest BCUT2D eigenvalue weighted by Crippen LogP contribution is -2.46. The molecule has 0 radical (unpaired) electrons. The van der Waals surface area contributed by atoms with Gasteiger partial charge in [-0.05, 0) is 27.2 Å². The van der Waals surface area contributed by atoms with E-state index in [1.165, 1.54) is 4.90 Å². The average Bonchev–Trinajstić information content (AvgIpc) is 2.77. The van der Waals surface area contributed by atoms with Crippen LogP contribution in [-0.4, -0.2) is 62.6 Å². The van der Waals surface area contributed by atoms with Crippen LogP contribution in [-0.2, 0) is 15.0 Å². The Kier molecular flexibility index (Phi) is 6.15. The zero-order valence-corrected chi connectivity index (χ0v) is 13.9. The number of carbonyl (C=O) groups is 2. The molecular formula is C12H24N4O5S. The van der Waals surface area contributed by atoms with E-state index in [1.54, 1.807) is 20.8 Å². The van der Waals surface area contributed by atoms with Crippen LogP contribution >= 0.6 is 0 Å². The predicted molar refractivity (Wildman–Crippen MR) is 80.5 cm³/mol. The Balaban J connectivity index is 2.32. The number of hydrogen-bond acceptors (Lipinski definition) is 4. The summed E-state index contributed by atoms with van der Waals surface area (Å²) in [6, 6.07) is -0.605. The van der Waals surface area contributed by atoms with E-state index < -0.39 is 21.6 Å².